The molecule has 0 atom stereocenters. The van der Waals surface area contributed by atoms with Gasteiger partial charge in [0, 0.05) is 6.04 Å². The minimum atomic E-state index is -0.279. The van der Waals surface area contributed by atoms with E-state index in [0.29, 0.717) is 16.8 Å². The normalized spacial score (nSPS) is 23.4. The summed E-state index contributed by atoms with van der Waals surface area (Å²) in [6.45, 7) is 2.28. The van der Waals surface area contributed by atoms with Crippen LogP contribution in [0.15, 0.2) is 24.3 Å². The lowest BCUT2D eigenvalue weighted by Crippen LogP contribution is -2.39. The van der Waals surface area contributed by atoms with E-state index in [2.05, 4.69) is 17.6 Å². The largest absolute Gasteiger partial charge is 0.360 e. The lowest BCUT2D eigenvalue weighted by Gasteiger charge is -2.28. The summed E-state index contributed by atoms with van der Waals surface area (Å²) in [5.74, 6) is 0.537. The molecule has 2 nitrogen and oxygen atoms in total. The molecule has 0 radical (unpaired) electrons. The summed E-state index contributed by atoms with van der Waals surface area (Å²) in [5.41, 5.74) is 0.430. The molecule has 4 heteroatoms. The second-order valence-corrected chi connectivity index (χ2v) is 5.44. The molecule has 2 rings (SSSR count). The van der Waals surface area contributed by atoms with Gasteiger partial charge in [-0.15, -0.1) is 0 Å². The number of halogens is 1. The lowest BCUT2D eigenvalue weighted by atomic mass is 9.87. The van der Waals surface area contributed by atoms with E-state index >= 15 is 0 Å². The van der Waals surface area contributed by atoms with Crippen molar-refractivity contribution in [2.75, 3.05) is 5.32 Å². The zero-order valence-corrected chi connectivity index (χ0v) is 11.4. The highest BCUT2D eigenvalue weighted by atomic mass is 32.1. The van der Waals surface area contributed by atoms with E-state index in [1.54, 1.807) is 18.2 Å². The van der Waals surface area contributed by atoms with Crippen LogP contribution in [-0.4, -0.2) is 11.2 Å². The molecule has 0 spiro atoms. The average Bonchev–Trinajstić information content (AvgIpc) is 2.35. The van der Waals surface area contributed by atoms with Gasteiger partial charge in [0.25, 0.3) is 0 Å². The van der Waals surface area contributed by atoms with E-state index in [0.717, 1.165) is 18.8 Å². The Morgan fingerprint density at radius 2 is 1.89 bits per heavy atom. The highest BCUT2D eigenvalue weighted by molar-refractivity contribution is 7.80. The third kappa shape index (κ3) is 3.67. The Balaban J connectivity index is 1.84. The van der Waals surface area contributed by atoms with E-state index in [9.17, 15) is 4.39 Å². The van der Waals surface area contributed by atoms with Gasteiger partial charge in [-0.25, -0.2) is 4.39 Å². The third-order valence-electron chi connectivity index (χ3n) is 3.47. The molecule has 0 unspecified atom stereocenters. The van der Waals surface area contributed by atoms with Crippen molar-refractivity contribution >= 4 is 23.0 Å². The summed E-state index contributed by atoms with van der Waals surface area (Å²) in [6, 6.07) is 6.99. The number of nitrogens with one attached hydrogen (secondary N) is 2. The molecular weight excluding hydrogens is 247 g/mol. The summed E-state index contributed by atoms with van der Waals surface area (Å²) in [4.78, 5) is 0. The molecule has 0 amide bonds. The first-order chi connectivity index (χ1) is 8.65. The summed E-state index contributed by atoms with van der Waals surface area (Å²) >= 11 is 5.22. The maximum atomic E-state index is 13.4. The molecular formula is C14H19FN2S. The van der Waals surface area contributed by atoms with Gasteiger partial charge < -0.3 is 10.6 Å². The number of rotatable bonds is 2. The Morgan fingerprint density at radius 1 is 1.22 bits per heavy atom. The minimum Gasteiger partial charge on any atom is -0.360 e. The minimum absolute atomic E-state index is 0.279. The molecule has 0 bridgehead atoms. The standard InChI is InChI=1S/C14H19FN2S/c1-10-6-8-11(9-7-10)16-14(18)17-13-5-3-2-4-12(13)15/h2-5,10-11H,6-9H2,1H3,(H2,16,17,18). The zero-order valence-electron chi connectivity index (χ0n) is 10.6. The second-order valence-electron chi connectivity index (χ2n) is 5.04. The van der Waals surface area contributed by atoms with Crippen LogP contribution in [0.4, 0.5) is 10.1 Å². The van der Waals surface area contributed by atoms with Crippen molar-refractivity contribution < 1.29 is 4.39 Å². The molecule has 0 heterocycles. The average molecular weight is 266 g/mol. The predicted octanol–water partition coefficient (Wildman–Crippen LogP) is 3.69. The Bertz CT molecular complexity index is 414. The van der Waals surface area contributed by atoms with Gasteiger partial charge in [-0.2, -0.15) is 0 Å². The van der Waals surface area contributed by atoms with Gasteiger partial charge >= 0.3 is 0 Å². The predicted molar refractivity (Wildman–Crippen MR) is 77.2 cm³/mol. The Labute approximate surface area is 113 Å². The molecule has 0 saturated heterocycles. The first kappa shape index (κ1) is 13.3. The molecule has 18 heavy (non-hydrogen) atoms. The first-order valence-electron chi connectivity index (χ1n) is 6.47. The zero-order chi connectivity index (χ0) is 13.0. The summed E-state index contributed by atoms with van der Waals surface area (Å²) in [7, 11) is 0. The maximum absolute atomic E-state index is 13.4. The summed E-state index contributed by atoms with van der Waals surface area (Å²) in [6.07, 6.45) is 4.75. The van der Waals surface area contributed by atoms with Gasteiger partial charge in [0.05, 0.1) is 5.69 Å². The van der Waals surface area contributed by atoms with Crippen molar-refractivity contribution in [2.24, 2.45) is 5.92 Å². The van der Waals surface area contributed by atoms with Crippen LogP contribution in [0.5, 0.6) is 0 Å². The number of thiocarbonyl (C=S) groups is 1. The molecule has 1 aliphatic carbocycles. The molecule has 98 valence electrons. The quantitative estimate of drug-likeness (QED) is 0.798. The van der Waals surface area contributed by atoms with Crippen LogP contribution in [0.1, 0.15) is 32.6 Å². The fourth-order valence-electron chi connectivity index (χ4n) is 2.31. The van der Waals surface area contributed by atoms with E-state index < -0.39 is 0 Å². The highest BCUT2D eigenvalue weighted by Gasteiger charge is 2.18. The Kier molecular flexibility index (Phi) is 4.53. The molecule has 1 aliphatic rings. The Morgan fingerprint density at radius 3 is 2.56 bits per heavy atom. The van der Waals surface area contributed by atoms with Crippen molar-refractivity contribution in [3.05, 3.63) is 30.1 Å². The first-order valence-corrected chi connectivity index (χ1v) is 6.88. The number of anilines is 1. The fourth-order valence-corrected chi connectivity index (χ4v) is 2.59. The smallest absolute Gasteiger partial charge is 0.171 e. The molecule has 1 saturated carbocycles. The molecule has 1 fully saturated rings. The molecule has 1 aromatic carbocycles. The number of hydrogen-bond acceptors (Lipinski definition) is 1. The van der Waals surface area contributed by atoms with E-state index in [1.165, 1.54) is 18.9 Å². The number of para-hydroxylation sites is 1. The summed E-state index contributed by atoms with van der Waals surface area (Å²) < 4.78 is 13.4. The van der Waals surface area contributed by atoms with Crippen molar-refractivity contribution in [3.63, 3.8) is 0 Å². The van der Waals surface area contributed by atoms with Crippen molar-refractivity contribution in [2.45, 2.75) is 38.6 Å². The maximum Gasteiger partial charge on any atom is 0.171 e. The van der Waals surface area contributed by atoms with E-state index in [4.69, 9.17) is 12.2 Å². The molecule has 0 aliphatic heterocycles. The monoisotopic (exact) mass is 266 g/mol. The van der Waals surface area contributed by atoms with Gasteiger partial charge in [-0.3, -0.25) is 0 Å². The van der Waals surface area contributed by atoms with Crippen LogP contribution in [0.25, 0.3) is 0 Å². The molecule has 1 aromatic rings. The van der Waals surface area contributed by atoms with Crippen LogP contribution in [0.3, 0.4) is 0 Å². The van der Waals surface area contributed by atoms with Crippen LogP contribution < -0.4 is 10.6 Å². The van der Waals surface area contributed by atoms with Crippen LogP contribution >= 0.6 is 12.2 Å². The van der Waals surface area contributed by atoms with Gasteiger partial charge in [0.2, 0.25) is 0 Å². The number of hydrogen-bond donors (Lipinski definition) is 2. The van der Waals surface area contributed by atoms with Crippen molar-refractivity contribution in [1.29, 1.82) is 0 Å². The van der Waals surface area contributed by atoms with Gasteiger partial charge in [0.1, 0.15) is 5.82 Å². The number of benzene rings is 1. The topological polar surface area (TPSA) is 24.1 Å². The van der Waals surface area contributed by atoms with Crippen LogP contribution in [-0.2, 0) is 0 Å². The van der Waals surface area contributed by atoms with Gasteiger partial charge in [-0.05, 0) is 56.0 Å². The van der Waals surface area contributed by atoms with Gasteiger partial charge in [0.15, 0.2) is 5.11 Å². The fraction of sp³-hybridized carbons (Fsp3) is 0.500. The summed E-state index contributed by atoms with van der Waals surface area (Å²) in [5, 5.41) is 6.70. The molecule has 2 N–H and O–H groups in total. The second kappa shape index (κ2) is 6.14. The van der Waals surface area contributed by atoms with Crippen LogP contribution in [0.2, 0.25) is 0 Å². The van der Waals surface area contributed by atoms with E-state index in [-0.39, 0.29) is 5.82 Å². The molecule has 0 aromatic heterocycles. The SMILES string of the molecule is CC1CCC(NC(=S)Nc2ccccc2F)CC1. The lowest BCUT2D eigenvalue weighted by molar-refractivity contribution is 0.332. The van der Waals surface area contributed by atoms with Crippen molar-refractivity contribution in [3.8, 4) is 0 Å². The van der Waals surface area contributed by atoms with E-state index in [1.807, 2.05) is 0 Å². The third-order valence-corrected chi connectivity index (χ3v) is 3.69. The van der Waals surface area contributed by atoms with Gasteiger partial charge in [-0.1, -0.05) is 19.1 Å². The Hall–Kier alpha value is -1.16. The van der Waals surface area contributed by atoms with Crippen LogP contribution in [0, 0.1) is 11.7 Å². The van der Waals surface area contributed by atoms with Crippen molar-refractivity contribution in [1.82, 2.24) is 5.32 Å². The highest BCUT2D eigenvalue weighted by Crippen LogP contribution is 2.23.